The summed E-state index contributed by atoms with van der Waals surface area (Å²) in [6, 6.07) is 11.5. The van der Waals surface area contributed by atoms with Gasteiger partial charge in [-0.1, -0.05) is 12.1 Å². The molecular formula is C16H16N2O4. The van der Waals surface area contributed by atoms with E-state index in [9.17, 15) is 14.9 Å². The molecule has 6 heteroatoms. The lowest BCUT2D eigenvalue weighted by molar-refractivity contribution is -0.385. The van der Waals surface area contributed by atoms with E-state index in [4.69, 9.17) is 4.74 Å². The Bertz CT molecular complexity index is 696. The zero-order valence-electron chi connectivity index (χ0n) is 12.3. The maximum Gasteiger partial charge on any atom is 0.285 e. The molecule has 2 aromatic carbocycles. The molecule has 0 heterocycles. The van der Waals surface area contributed by atoms with E-state index in [-0.39, 0.29) is 11.3 Å². The van der Waals surface area contributed by atoms with Gasteiger partial charge in [-0.05, 0) is 44.2 Å². The molecule has 0 aliphatic carbocycles. The molecule has 22 heavy (non-hydrogen) atoms. The van der Waals surface area contributed by atoms with Crippen molar-refractivity contribution in [3.8, 4) is 5.75 Å². The largest absolute Gasteiger partial charge is 0.494 e. The number of rotatable bonds is 5. The normalized spacial score (nSPS) is 10.1. The quantitative estimate of drug-likeness (QED) is 0.676. The molecule has 0 fully saturated rings. The first kappa shape index (κ1) is 15.5. The van der Waals surface area contributed by atoms with E-state index in [1.54, 1.807) is 43.3 Å². The molecule has 2 rings (SSSR count). The van der Waals surface area contributed by atoms with Crippen LogP contribution in [0.4, 0.5) is 11.4 Å². The van der Waals surface area contributed by atoms with Gasteiger partial charge in [-0.2, -0.15) is 0 Å². The molecule has 0 saturated carbocycles. The maximum absolute atomic E-state index is 12.3. The van der Waals surface area contributed by atoms with Gasteiger partial charge in [-0.15, -0.1) is 0 Å². The van der Waals surface area contributed by atoms with Crippen molar-refractivity contribution in [2.75, 3.05) is 11.9 Å². The first-order valence-electron chi connectivity index (χ1n) is 6.81. The Morgan fingerprint density at radius 1 is 1.23 bits per heavy atom. The molecule has 0 aromatic heterocycles. The summed E-state index contributed by atoms with van der Waals surface area (Å²) in [5.74, 6) is 0.182. The standard InChI is InChI=1S/C16H16N2O4/c1-3-22-13-9-7-12(8-10-13)17-16(19)14-6-4-5-11(2)15(14)18(20)21/h4-10H,3H2,1-2H3,(H,17,19). The minimum atomic E-state index is -0.539. The molecule has 0 bridgehead atoms. The molecule has 0 saturated heterocycles. The summed E-state index contributed by atoms with van der Waals surface area (Å²) in [6.45, 7) is 4.04. The highest BCUT2D eigenvalue weighted by atomic mass is 16.6. The SMILES string of the molecule is CCOc1ccc(NC(=O)c2cccc(C)c2[N+](=O)[O-])cc1. The number of para-hydroxylation sites is 1. The number of nitrogens with zero attached hydrogens (tertiary/aromatic N) is 1. The number of carbonyl (C=O) groups excluding carboxylic acids is 1. The van der Waals surface area contributed by atoms with Crippen LogP contribution in [0.3, 0.4) is 0 Å². The first-order valence-corrected chi connectivity index (χ1v) is 6.81. The van der Waals surface area contributed by atoms with Gasteiger partial charge in [0.1, 0.15) is 11.3 Å². The summed E-state index contributed by atoms with van der Waals surface area (Å²) in [5, 5.41) is 13.8. The van der Waals surface area contributed by atoms with E-state index in [0.717, 1.165) is 0 Å². The Balaban J connectivity index is 2.22. The minimum absolute atomic E-state index is 0.0406. The number of aryl methyl sites for hydroxylation is 1. The van der Waals surface area contributed by atoms with E-state index >= 15 is 0 Å². The highest BCUT2D eigenvalue weighted by Gasteiger charge is 2.22. The highest BCUT2D eigenvalue weighted by molar-refractivity contribution is 6.07. The van der Waals surface area contributed by atoms with Crippen LogP contribution in [0.15, 0.2) is 42.5 Å². The topological polar surface area (TPSA) is 81.5 Å². The fourth-order valence-electron chi connectivity index (χ4n) is 2.08. The van der Waals surface area contributed by atoms with E-state index in [0.29, 0.717) is 23.6 Å². The van der Waals surface area contributed by atoms with Gasteiger partial charge in [0.25, 0.3) is 11.6 Å². The molecule has 0 radical (unpaired) electrons. The molecule has 2 aromatic rings. The predicted molar refractivity (Wildman–Crippen MR) is 83.4 cm³/mol. The van der Waals surface area contributed by atoms with E-state index < -0.39 is 10.8 Å². The number of nitrogens with one attached hydrogen (secondary N) is 1. The predicted octanol–water partition coefficient (Wildman–Crippen LogP) is 3.55. The maximum atomic E-state index is 12.3. The molecule has 114 valence electrons. The monoisotopic (exact) mass is 300 g/mol. The zero-order chi connectivity index (χ0) is 16.1. The molecule has 0 aliphatic rings. The Labute approximate surface area is 127 Å². The first-order chi connectivity index (χ1) is 10.5. The summed E-state index contributed by atoms with van der Waals surface area (Å²) in [6.07, 6.45) is 0. The van der Waals surface area contributed by atoms with Gasteiger partial charge in [0.15, 0.2) is 0 Å². The van der Waals surface area contributed by atoms with Crippen molar-refractivity contribution in [1.82, 2.24) is 0 Å². The van der Waals surface area contributed by atoms with Gasteiger partial charge in [0.05, 0.1) is 11.5 Å². The summed E-state index contributed by atoms with van der Waals surface area (Å²) in [7, 11) is 0. The van der Waals surface area contributed by atoms with Crippen LogP contribution in [0, 0.1) is 17.0 Å². The Morgan fingerprint density at radius 3 is 2.50 bits per heavy atom. The van der Waals surface area contributed by atoms with Crippen molar-refractivity contribution in [3.63, 3.8) is 0 Å². The van der Waals surface area contributed by atoms with Crippen LogP contribution >= 0.6 is 0 Å². The van der Waals surface area contributed by atoms with Gasteiger partial charge in [0, 0.05) is 11.3 Å². The van der Waals surface area contributed by atoms with Gasteiger partial charge >= 0.3 is 0 Å². The molecule has 0 unspecified atom stereocenters. The number of nitro benzene ring substituents is 1. The van der Waals surface area contributed by atoms with Crippen LogP contribution in [0.25, 0.3) is 0 Å². The second-order valence-corrected chi connectivity index (χ2v) is 4.64. The van der Waals surface area contributed by atoms with Gasteiger partial charge < -0.3 is 10.1 Å². The summed E-state index contributed by atoms with van der Waals surface area (Å²) < 4.78 is 5.31. The molecule has 0 spiro atoms. The third-order valence-corrected chi connectivity index (χ3v) is 3.09. The number of nitro groups is 1. The molecular weight excluding hydrogens is 284 g/mol. The average Bonchev–Trinajstić information content (AvgIpc) is 2.49. The van der Waals surface area contributed by atoms with E-state index in [1.165, 1.54) is 6.07 Å². The minimum Gasteiger partial charge on any atom is -0.494 e. The fraction of sp³-hybridized carbons (Fsp3) is 0.188. The fourth-order valence-corrected chi connectivity index (χ4v) is 2.08. The van der Waals surface area contributed by atoms with Crippen LogP contribution in [0.5, 0.6) is 5.75 Å². The van der Waals surface area contributed by atoms with Crippen molar-refractivity contribution in [2.24, 2.45) is 0 Å². The van der Waals surface area contributed by atoms with Crippen molar-refractivity contribution in [2.45, 2.75) is 13.8 Å². The van der Waals surface area contributed by atoms with Crippen LogP contribution in [0.2, 0.25) is 0 Å². The number of carbonyl (C=O) groups is 1. The van der Waals surface area contributed by atoms with Gasteiger partial charge in [0.2, 0.25) is 0 Å². The average molecular weight is 300 g/mol. The zero-order valence-corrected chi connectivity index (χ0v) is 12.3. The van der Waals surface area contributed by atoms with Crippen LogP contribution < -0.4 is 10.1 Å². The number of anilines is 1. The van der Waals surface area contributed by atoms with Crippen LogP contribution in [-0.4, -0.2) is 17.4 Å². The third kappa shape index (κ3) is 3.41. The van der Waals surface area contributed by atoms with E-state index in [1.807, 2.05) is 6.92 Å². The molecule has 0 atom stereocenters. The Kier molecular flexibility index (Phi) is 4.73. The Morgan fingerprint density at radius 2 is 1.91 bits per heavy atom. The molecule has 6 nitrogen and oxygen atoms in total. The van der Waals surface area contributed by atoms with Gasteiger partial charge in [-0.25, -0.2) is 0 Å². The lowest BCUT2D eigenvalue weighted by Crippen LogP contribution is -2.14. The number of hydrogen-bond donors (Lipinski definition) is 1. The lowest BCUT2D eigenvalue weighted by Gasteiger charge is -2.08. The summed E-state index contributed by atoms with van der Waals surface area (Å²) in [4.78, 5) is 22.8. The number of hydrogen-bond acceptors (Lipinski definition) is 4. The Hall–Kier alpha value is -2.89. The second kappa shape index (κ2) is 6.71. The number of amides is 1. The number of ether oxygens (including phenoxy) is 1. The van der Waals surface area contributed by atoms with Crippen LogP contribution in [-0.2, 0) is 0 Å². The number of benzene rings is 2. The highest BCUT2D eigenvalue weighted by Crippen LogP contribution is 2.24. The summed E-state index contributed by atoms with van der Waals surface area (Å²) >= 11 is 0. The molecule has 0 aliphatic heterocycles. The van der Waals surface area contributed by atoms with E-state index in [2.05, 4.69) is 5.32 Å². The van der Waals surface area contributed by atoms with Crippen molar-refractivity contribution in [3.05, 3.63) is 63.7 Å². The lowest BCUT2D eigenvalue weighted by atomic mass is 10.1. The van der Waals surface area contributed by atoms with Crippen molar-refractivity contribution in [1.29, 1.82) is 0 Å². The third-order valence-electron chi connectivity index (χ3n) is 3.09. The van der Waals surface area contributed by atoms with Crippen LogP contribution in [0.1, 0.15) is 22.8 Å². The molecule has 1 amide bonds. The van der Waals surface area contributed by atoms with Gasteiger partial charge in [-0.3, -0.25) is 14.9 Å². The smallest absolute Gasteiger partial charge is 0.285 e. The molecule has 1 N–H and O–H groups in total. The summed E-state index contributed by atoms with van der Waals surface area (Å²) in [5.41, 5.74) is 0.860. The second-order valence-electron chi connectivity index (χ2n) is 4.64. The van der Waals surface area contributed by atoms with Crippen molar-refractivity contribution >= 4 is 17.3 Å². The van der Waals surface area contributed by atoms with Crippen molar-refractivity contribution < 1.29 is 14.5 Å².